The highest BCUT2D eigenvalue weighted by Crippen LogP contribution is 2.43. The molecule has 2 aromatic rings. The molecule has 3 fully saturated rings. The zero-order valence-corrected chi connectivity index (χ0v) is 29.3. The number of hydrogen-bond acceptors (Lipinski definition) is 10. The van der Waals surface area contributed by atoms with E-state index in [0.29, 0.717) is 44.2 Å². The number of piperazine rings is 1. The van der Waals surface area contributed by atoms with Crippen LogP contribution >= 0.6 is 24.2 Å². The maximum atomic E-state index is 14.1. The first kappa shape index (κ1) is 35.6. The number of nitrogens with zero attached hydrogens (tertiary/aromatic N) is 8. The van der Waals surface area contributed by atoms with Gasteiger partial charge in [-0.2, -0.15) is 28.4 Å². The summed E-state index contributed by atoms with van der Waals surface area (Å²) >= 11 is 11.0. The molecule has 1 amide bonds. The highest BCUT2D eigenvalue weighted by molar-refractivity contribution is 7.81. The maximum absolute atomic E-state index is 14.1. The van der Waals surface area contributed by atoms with Crippen LogP contribution in [-0.4, -0.2) is 108 Å². The van der Waals surface area contributed by atoms with Crippen LogP contribution in [0.3, 0.4) is 0 Å². The van der Waals surface area contributed by atoms with Crippen LogP contribution in [0.15, 0.2) is 30.4 Å². The van der Waals surface area contributed by atoms with Crippen LogP contribution in [0, 0.1) is 11.3 Å². The summed E-state index contributed by atoms with van der Waals surface area (Å²) in [5.41, 5.74) is 0.485. The number of ether oxygens (including phenoxy) is 1. The van der Waals surface area contributed by atoms with E-state index in [9.17, 15) is 23.2 Å². The monoisotopic (exact) mass is 718 g/mol. The van der Waals surface area contributed by atoms with Gasteiger partial charge in [-0.1, -0.05) is 23.7 Å². The van der Waals surface area contributed by atoms with Crippen molar-refractivity contribution in [3.8, 4) is 12.1 Å². The maximum Gasteiger partial charge on any atom is 0.419 e. The lowest BCUT2D eigenvalue weighted by molar-refractivity contribution is -0.137. The molecule has 3 saturated heterocycles. The van der Waals surface area contributed by atoms with Crippen molar-refractivity contribution < 1.29 is 22.7 Å². The van der Waals surface area contributed by atoms with Gasteiger partial charge in [-0.3, -0.25) is 9.69 Å². The van der Waals surface area contributed by atoms with Gasteiger partial charge in [0.15, 0.2) is 0 Å². The van der Waals surface area contributed by atoms with Crippen molar-refractivity contribution in [2.24, 2.45) is 0 Å². The number of rotatable bonds is 9. The quantitative estimate of drug-likeness (QED) is 0.284. The van der Waals surface area contributed by atoms with E-state index in [1.807, 2.05) is 18.0 Å². The summed E-state index contributed by atoms with van der Waals surface area (Å²) in [6.07, 6.45) is 3.56. The number of likely N-dealkylation sites (N-methyl/N-ethyl adjacent to an activating group) is 1. The van der Waals surface area contributed by atoms with Crippen LogP contribution in [0.1, 0.15) is 48.9 Å². The third-order valence-corrected chi connectivity index (χ3v) is 10.9. The normalized spacial score (nSPS) is 23.7. The lowest BCUT2D eigenvalue weighted by Crippen LogP contribution is -2.61. The lowest BCUT2D eigenvalue weighted by Gasteiger charge is -2.48. The molecular formula is C34H42ClF3N8O2S. The van der Waals surface area contributed by atoms with Crippen LogP contribution in [0.25, 0.3) is 0 Å². The van der Waals surface area contributed by atoms with E-state index < -0.39 is 16.6 Å². The highest BCUT2D eigenvalue weighted by atomic mass is 35.5. The average molecular weight is 719 g/mol. The van der Waals surface area contributed by atoms with Gasteiger partial charge in [0.05, 0.1) is 47.5 Å². The molecule has 0 spiro atoms. The standard InChI is InChI=1S/C34H42ClF3N8O2S/c1-42-14-5-7-24(42)22-48-32-40-27-21-44(28-9-4-8-26(35)30(28)34(36,37)38)18-11-25(27)31(41-32)45-19-20-46(33(49,23-45)12-13-39)29(47)10-6-17-43-15-2-3-16-43/h4,6,8-10,24,49H,2-3,5,7,11-12,14-23H2,1H3/b10-6+/t24-,33-/m0/s1. The molecule has 1 aromatic carbocycles. The van der Waals surface area contributed by atoms with Crippen molar-refractivity contribution in [3.05, 3.63) is 52.2 Å². The Balaban J connectivity index is 1.29. The summed E-state index contributed by atoms with van der Waals surface area (Å²) in [6.45, 7) is 5.42. The number of likely N-dealkylation sites (tertiary alicyclic amines) is 2. The van der Waals surface area contributed by atoms with Crippen molar-refractivity contribution in [3.63, 3.8) is 0 Å². The first-order valence-corrected chi connectivity index (χ1v) is 17.7. The molecule has 15 heteroatoms. The highest BCUT2D eigenvalue weighted by Gasteiger charge is 2.43. The van der Waals surface area contributed by atoms with Crippen LogP contribution in [-0.2, 0) is 23.9 Å². The van der Waals surface area contributed by atoms with Gasteiger partial charge in [0, 0.05) is 43.9 Å². The predicted molar refractivity (Wildman–Crippen MR) is 185 cm³/mol. The fraction of sp³-hybridized carbons (Fsp3) is 0.588. The fourth-order valence-corrected chi connectivity index (χ4v) is 8.09. The number of benzene rings is 1. The minimum atomic E-state index is -4.64. The van der Waals surface area contributed by atoms with Crippen molar-refractivity contribution in [1.29, 1.82) is 5.26 Å². The van der Waals surface area contributed by atoms with E-state index in [-0.39, 0.29) is 54.7 Å². The third kappa shape index (κ3) is 7.90. The van der Waals surface area contributed by atoms with E-state index in [0.717, 1.165) is 50.9 Å². The Morgan fingerprint density at radius 2 is 1.94 bits per heavy atom. The number of thiol groups is 1. The van der Waals surface area contributed by atoms with Gasteiger partial charge in [0.25, 0.3) is 0 Å². The Labute approximate surface area is 295 Å². The Hall–Kier alpha value is -3.25. The summed E-state index contributed by atoms with van der Waals surface area (Å²) in [4.78, 5) is 31.8. The molecule has 6 rings (SSSR count). The smallest absolute Gasteiger partial charge is 0.419 e. The minimum absolute atomic E-state index is 0.00540. The minimum Gasteiger partial charge on any atom is -0.462 e. The molecule has 5 heterocycles. The molecule has 1 aromatic heterocycles. The fourth-order valence-electron chi connectivity index (χ4n) is 7.37. The van der Waals surface area contributed by atoms with Gasteiger partial charge in [-0.05, 0) is 70.9 Å². The van der Waals surface area contributed by atoms with Crippen molar-refractivity contribution in [2.75, 3.05) is 75.8 Å². The number of halogens is 4. The topological polar surface area (TPSA) is 92.1 Å². The number of aromatic nitrogens is 2. The van der Waals surface area contributed by atoms with Gasteiger partial charge in [0.2, 0.25) is 5.91 Å². The summed E-state index contributed by atoms with van der Waals surface area (Å²) in [5, 5.41) is 9.45. The zero-order chi connectivity index (χ0) is 34.8. The molecule has 0 N–H and O–H groups in total. The van der Waals surface area contributed by atoms with Crippen LogP contribution < -0.4 is 14.5 Å². The SMILES string of the molecule is CN1CCC[C@H]1COc1nc2c(c(N3CCN(C(=O)/C=C/CN4CCCC4)[C@](S)(CC#N)C3)n1)CCN(c1cccc(Cl)c1C(F)(F)F)C2. The molecule has 10 nitrogen and oxygen atoms in total. The molecule has 0 radical (unpaired) electrons. The largest absolute Gasteiger partial charge is 0.462 e. The number of alkyl halides is 3. The number of amides is 1. The van der Waals surface area contributed by atoms with E-state index in [4.69, 9.17) is 38.9 Å². The lowest BCUT2D eigenvalue weighted by atomic mass is 10.0. The number of nitriles is 1. The second-order valence-corrected chi connectivity index (χ2v) is 14.5. The van der Waals surface area contributed by atoms with Gasteiger partial charge < -0.3 is 24.3 Å². The van der Waals surface area contributed by atoms with Crippen molar-refractivity contribution in [1.82, 2.24) is 24.7 Å². The predicted octanol–water partition coefficient (Wildman–Crippen LogP) is 5.02. The van der Waals surface area contributed by atoms with Gasteiger partial charge in [0.1, 0.15) is 17.3 Å². The van der Waals surface area contributed by atoms with Gasteiger partial charge in [-0.15, -0.1) is 12.6 Å². The second-order valence-electron chi connectivity index (χ2n) is 13.3. The molecular weight excluding hydrogens is 677 g/mol. The molecule has 0 unspecified atom stereocenters. The number of fused-ring (bicyclic) bond motifs is 1. The van der Waals surface area contributed by atoms with Gasteiger partial charge >= 0.3 is 12.2 Å². The molecule has 0 bridgehead atoms. The zero-order valence-electron chi connectivity index (χ0n) is 27.6. The molecule has 0 saturated carbocycles. The number of carbonyl (C=O) groups excluding carboxylic acids is 1. The molecule has 0 aliphatic carbocycles. The number of carbonyl (C=O) groups is 1. The Morgan fingerprint density at radius 3 is 2.65 bits per heavy atom. The summed E-state index contributed by atoms with van der Waals surface area (Å²) in [7, 11) is 2.05. The summed E-state index contributed by atoms with van der Waals surface area (Å²) in [5.74, 6) is 0.394. The molecule has 2 atom stereocenters. The van der Waals surface area contributed by atoms with Crippen LogP contribution in [0.2, 0.25) is 5.02 Å². The molecule has 4 aliphatic heterocycles. The Morgan fingerprint density at radius 1 is 1.14 bits per heavy atom. The first-order chi connectivity index (χ1) is 23.5. The summed E-state index contributed by atoms with van der Waals surface area (Å²) in [6, 6.07) is 6.76. The van der Waals surface area contributed by atoms with E-state index in [2.05, 4.69) is 15.9 Å². The molecule has 4 aliphatic rings. The third-order valence-electron chi connectivity index (χ3n) is 10.0. The average Bonchev–Trinajstić information content (AvgIpc) is 3.73. The Kier molecular flexibility index (Phi) is 10.8. The van der Waals surface area contributed by atoms with Gasteiger partial charge in [-0.25, -0.2) is 0 Å². The Bertz CT molecular complexity index is 1600. The second kappa shape index (κ2) is 14.9. The van der Waals surface area contributed by atoms with E-state index in [1.165, 1.54) is 18.2 Å². The van der Waals surface area contributed by atoms with E-state index >= 15 is 0 Å². The first-order valence-electron chi connectivity index (χ1n) is 16.8. The van der Waals surface area contributed by atoms with E-state index in [1.54, 1.807) is 15.9 Å². The molecule has 49 heavy (non-hydrogen) atoms. The van der Waals surface area contributed by atoms with Crippen LogP contribution in [0.4, 0.5) is 24.7 Å². The van der Waals surface area contributed by atoms with Crippen molar-refractivity contribution >= 4 is 41.6 Å². The number of hydrogen-bond donors (Lipinski definition) is 1. The summed E-state index contributed by atoms with van der Waals surface area (Å²) < 4.78 is 48.6. The van der Waals surface area contributed by atoms with Crippen molar-refractivity contribution in [2.45, 2.75) is 62.2 Å². The number of anilines is 2. The van der Waals surface area contributed by atoms with Crippen LogP contribution in [0.5, 0.6) is 6.01 Å². The molecule has 264 valence electrons.